The number of amides is 1. The molecule has 1 heterocycles. The fourth-order valence-electron chi connectivity index (χ4n) is 4.01. The van der Waals surface area contributed by atoms with E-state index in [0.717, 1.165) is 25.7 Å². The summed E-state index contributed by atoms with van der Waals surface area (Å²) < 4.78 is 6.51. The molecule has 3 aromatic carbocycles. The van der Waals surface area contributed by atoms with Gasteiger partial charge in [0, 0.05) is 10.6 Å². The number of nitrogens with one attached hydrogen (secondary N) is 1. The van der Waals surface area contributed by atoms with Crippen molar-refractivity contribution in [3.63, 3.8) is 0 Å². The number of hydrogen-bond acceptors (Lipinski definition) is 3. The number of hydrogen-bond donors (Lipinski definition) is 1. The Morgan fingerprint density at radius 3 is 2.26 bits per heavy atom. The van der Waals surface area contributed by atoms with Gasteiger partial charge in [0.1, 0.15) is 6.10 Å². The maximum atomic E-state index is 12.6. The van der Waals surface area contributed by atoms with Crippen LogP contribution in [0.5, 0.6) is 0 Å². The molecule has 0 spiro atoms. The van der Waals surface area contributed by atoms with Gasteiger partial charge in [0.05, 0.1) is 14.4 Å². The Hall–Kier alpha value is -2.60. The number of rotatable bonds is 6. The first kappa shape index (κ1) is 23.2. The van der Waals surface area contributed by atoms with E-state index >= 15 is 0 Å². The van der Waals surface area contributed by atoms with E-state index in [0.29, 0.717) is 10.7 Å². The second kappa shape index (κ2) is 9.95. The topological polar surface area (TPSA) is 38.3 Å². The molecule has 6 heteroatoms. The largest absolute Gasteiger partial charge is 0.441 e. The van der Waals surface area contributed by atoms with E-state index in [1.807, 2.05) is 24.3 Å². The maximum absolute atomic E-state index is 12.6. The number of thiophene rings is 1. The van der Waals surface area contributed by atoms with Crippen molar-refractivity contribution in [2.24, 2.45) is 0 Å². The van der Waals surface area contributed by atoms with E-state index in [2.05, 4.69) is 69.8 Å². The van der Waals surface area contributed by atoms with Gasteiger partial charge in [-0.1, -0.05) is 78.3 Å². The van der Waals surface area contributed by atoms with Crippen molar-refractivity contribution in [1.82, 2.24) is 0 Å². The van der Waals surface area contributed by atoms with E-state index in [9.17, 15) is 4.79 Å². The summed E-state index contributed by atoms with van der Waals surface area (Å²) in [6.07, 6.45) is 1.64. The molecule has 1 saturated carbocycles. The molecule has 4 aromatic rings. The second-order valence-corrected chi connectivity index (χ2v) is 11.3. The minimum absolute atomic E-state index is 0.468. The minimum Gasteiger partial charge on any atom is -0.441 e. The Morgan fingerprint density at radius 1 is 1.00 bits per heavy atom. The van der Waals surface area contributed by atoms with Crippen molar-refractivity contribution in [3.05, 3.63) is 98.8 Å². The molecule has 1 aromatic heterocycles. The number of benzene rings is 3. The maximum Gasteiger partial charge on any atom is 0.412 e. The zero-order valence-corrected chi connectivity index (χ0v) is 21.7. The van der Waals surface area contributed by atoms with Gasteiger partial charge >= 0.3 is 6.09 Å². The fourth-order valence-corrected chi connectivity index (χ4v) is 5.86. The first-order valence-electron chi connectivity index (χ1n) is 11.2. The molecule has 5 rings (SSSR count). The first-order valence-corrected chi connectivity index (χ1v) is 13.2. The molecule has 3 nitrogen and oxygen atoms in total. The molecule has 172 valence electrons. The van der Waals surface area contributed by atoms with E-state index < -0.39 is 12.2 Å². The Morgan fingerprint density at radius 2 is 1.62 bits per heavy atom. The third kappa shape index (κ3) is 5.22. The van der Waals surface area contributed by atoms with Crippen molar-refractivity contribution in [1.29, 1.82) is 0 Å². The molecule has 0 saturated heterocycles. The van der Waals surface area contributed by atoms with Crippen LogP contribution in [0.3, 0.4) is 0 Å². The lowest BCUT2D eigenvalue weighted by atomic mass is 10.0. The molecule has 0 bridgehead atoms. The number of ether oxygens (including phenoxy) is 1. The summed E-state index contributed by atoms with van der Waals surface area (Å²) in [7, 11) is 0. The molecule has 1 atom stereocenters. The lowest BCUT2D eigenvalue weighted by molar-refractivity contribution is 0.121. The number of carbonyl (C=O) groups is 1. The molecule has 1 N–H and O–H groups in total. The van der Waals surface area contributed by atoms with E-state index in [4.69, 9.17) is 16.3 Å². The highest BCUT2D eigenvalue weighted by molar-refractivity contribution is 9.11. The van der Waals surface area contributed by atoms with Gasteiger partial charge in [0.15, 0.2) is 0 Å². The van der Waals surface area contributed by atoms with Crippen LogP contribution in [0.25, 0.3) is 21.6 Å². The Kier molecular flexibility index (Phi) is 6.77. The van der Waals surface area contributed by atoms with Gasteiger partial charge in [-0.25, -0.2) is 4.79 Å². The highest BCUT2D eigenvalue weighted by Crippen LogP contribution is 2.42. The van der Waals surface area contributed by atoms with Crippen molar-refractivity contribution < 1.29 is 9.53 Å². The summed E-state index contributed by atoms with van der Waals surface area (Å²) >= 11 is 11.4. The van der Waals surface area contributed by atoms with Crippen LogP contribution in [-0.4, -0.2) is 6.09 Å². The number of halogens is 2. The SMILES string of the molecule is CC(OC(=O)Nc1cc(Br)sc1-c1ccc(-c2ccc(C3CC3)cc2)cc1)c1ccccc1Cl. The monoisotopic (exact) mass is 551 g/mol. The van der Waals surface area contributed by atoms with E-state index in [1.54, 1.807) is 24.3 Å². The predicted molar refractivity (Wildman–Crippen MR) is 145 cm³/mol. The lowest BCUT2D eigenvalue weighted by Crippen LogP contribution is -2.16. The highest BCUT2D eigenvalue weighted by Gasteiger charge is 2.23. The third-order valence-corrected chi connectivity index (χ3v) is 8.04. The van der Waals surface area contributed by atoms with E-state index in [-0.39, 0.29) is 0 Å². The van der Waals surface area contributed by atoms with Crippen LogP contribution in [-0.2, 0) is 4.74 Å². The minimum atomic E-state index is -0.522. The Labute approximate surface area is 216 Å². The molecular weight excluding hydrogens is 530 g/mol. The number of anilines is 1. The molecule has 0 radical (unpaired) electrons. The summed E-state index contributed by atoms with van der Waals surface area (Å²) in [4.78, 5) is 13.6. The highest BCUT2D eigenvalue weighted by atomic mass is 79.9. The van der Waals surface area contributed by atoms with Crippen LogP contribution in [0.2, 0.25) is 5.02 Å². The first-order chi connectivity index (χ1) is 16.5. The quantitative estimate of drug-likeness (QED) is 0.258. The zero-order chi connectivity index (χ0) is 23.7. The summed E-state index contributed by atoms with van der Waals surface area (Å²) in [6, 6.07) is 26.6. The van der Waals surface area contributed by atoms with Gasteiger partial charge in [0.25, 0.3) is 0 Å². The van der Waals surface area contributed by atoms with Crippen LogP contribution in [0.4, 0.5) is 10.5 Å². The molecule has 1 fully saturated rings. The van der Waals surface area contributed by atoms with Crippen molar-refractivity contribution in [3.8, 4) is 21.6 Å². The summed E-state index contributed by atoms with van der Waals surface area (Å²) in [6.45, 7) is 1.81. The van der Waals surface area contributed by atoms with Crippen LogP contribution in [0.15, 0.2) is 82.6 Å². The fraction of sp³-hybridized carbons (Fsp3) is 0.179. The lowest BCUT2D eigenvalue weighted by Gasteiger charge is -2.15. The smallest absolute Gasteiger partial charge is 0.412 e. The van der Waals surface area contributed by atoms with Crippen LogP contribution in [0.1, 0.15) is 42.9 Å². The number of carbonyl (C=O) groups excluding carboxylic acids is 1. The predicted octanol–water partition coefficient (Wildman–Crippen LogP) is 9.69. The van der Waals surface area contributed by atoms with Crippen LogP contribution in [0, 0.1) is 0 Å². The summed E-state index contributed by atoms with van der Waals surface area (Å²) in [5, 5.41) is 3.47. The summed E-state index contributed by atoms with van der Waals surface area (Å²) in [5.74, 6) is 0.763. The van der Waals surface area contributed by atoms with Crippen LogP contribution < -0.4 is 5.32 Å². The van der Waals surface area contributed by atoms with Crippen molar-refractivity contribution >= 4 is 50.6 Å². The molecule has 0 aliphatic heterocycles. The zero-order valence-electron chi connectivity index (χ0n) is 18.6. The third-order valence-electron chi connectivity index (χ3n) is 6.01. The molecule has 1 aliphatic rings. The Balaban J connectivity index is 1.30. The van der Waals surface area contributed by atoms with E-state index in [1.165, 1.54) is 29.5 Å². The molecule has 1 amide bonds. The molecule has 34 heavy (non-hydrogen) atoms. The molecule has 1 aliphatic carbocycles. The van der Waals surface area contributed by atoms with Crippen LogP contribution >= 0.6 is 38.9 Å². The average molecular weight is 553 g/mol. The normalized spacial score (nSPS) is 14.0. The van der Waals surface area contributed by atoms with Crippen molar-refractivity contribution in [2.45, 2.75) is 31.8 Å². The molecular formula is C28H23BrClNO2S. The van der Waals surface area contributed by atoms with Crippen molar-refractivity contribution in [2.75, 3.05) is 5.32 Å². The van der Waals surface area contributed by atoms with Gasteiger partial charge in [-0.05, 0) is 76.0 Å². The standard InChI is InChI=1S/C28H23BrClNO2S/c1-17(23-4-2-3-5-24(23)30)33-28(32)31-25-16-26(29)34-27(25)22-14-12-21(13-15-22)20-10-8-19(9-11-20)18-6-7-18/h2-5,8-18H,6-7H2,1H3,(H,31,32). The summed E-state index contributed by atoms with van der Waals surface area (Å²) in [5.41, 5.74) is 6.32. The van der Waals surface area contributed by atoms with Gasteiger partial charge < -0.3 is 4.74 Å². The van der Waals surface area contributed by atoms with Gasteiger partial charge in [-0.2, -0.15) is 0 Å². The van der Waals surface area contributed by atoms with Gasteiger partial charge in [-0.15, -0.1) is 11.3 Å². The van der Waals surface area contributed by atoms with Gasteiger partial charge in [-0.3, -0.25) is 5.32 Å². The average Bonchev–Trinajstić information content (AvgIpc) is 3.62. The molecule has 1 unspecified atom stereocenters. The second-order valence-electron chi connectivity index (χ2n) is 8.46. The Bertz CT molecular complexity index is 1310. The van der Waals surface area contributed by atoms with Gasteiger partial charge in [0.2, 0.25) is 0 Å².